The topological polar surface area (TPSA) is 60.4 Å². The maximum Gasteiger partial charge on any atom is 0.364 e. The normalized spacial score (nSPS) is 11.9. The van der Waals surface area contributed by atoms with E-state index in [0.717, 1.165) is 0 Å². The molecule has 0 bridgehead atoms. The number of rotatable bonds is 4. The molecular formula is C14H10Cl2O4S. The molecular weight excluding hydrogens is 335 g/mol. The highest BCUT2D eigenvalue weighted by Gasteiger charge is 2.50. The highest BCUT2D eigenvalue weighted by molar-refractivity contribution is 7.96. The zero-order chi connectivity index (χ0) is 15.5. The van der Waals surface area contributed by atoms with E-state index in [0.29, 0.717) is 0 Å². The predicted molar refractivity (Wildman–Crippen MR) is 80.1 cm³/mol. The van der Waals surface area contributed by atoms with E-state index < -0.39 is 19.5 Å². The summed E-state index contributed by atoms with van der Waals surface area (Å²) >= 11 is 11.5. The molecule has 2 aromatic rings. The molecule has 0 heterocycles. The highest BCUT2D eigenvalue weighted by Crippen LogP contribution is 2.35. The van der Waals surface area contributed by atoms with E-state index in [1.165, 1.54) is 36.4 Å². The van der Waals surface area contributed by atoms with Crippen molar-refractivity contribution in [1.29, 1.82) is 0 Å². The van der Waals surface area contributed by atoms with Gasteiger partial charge in [0.1, 0.15) is 5.75 Å². The first-order valence-corrected chi connectivity index (χ1v) is 8.04. The van der Waals surface area contributed by atoms with E-state index in [-0.39, 0.29) is 10.6 Å². The van der Waals surface area contributed by atoms with E-state index in [1.54, 1.807) is 24.3 Å². The Labute approximate surface area is 132 Å². The first kappa shape index (κ1) is 15.8. The van der Waals surface area contributed by atoms with Gasteiger partial charge in [-0.1, -0.05) is 59.6 Å². The summed E-state index contributed by atoms with van der Waals surface area (Å²) in [6.45, 7) is 0. The molecule has 2 aromatic carbocycles. The number of carbonyl (C=O) groups excluding carboxylic acids is 1. The van der Waals surface area contributed by atoms with Gasteiger partial charge >= 0.3 is 9.63 Å². The second-order valence-electron chi connectivity index (χ2n) is 4.04. The van der Waals surface area contributed by atoms with Crippen LogP contribution in [0, 0.1) is 0 Å². The van der Waals surface area contributed by atoms with E-state index in [1.807, 2.05) is 0 Å². The lowest BCUT2D eigenvalue weighted by Gasteiger charge is -2.18. The van der Waals surface area contributed by atoms with Gasteiger partial charge in [0, 0.05) is 0 Å². The molecule has 4 nitrogen and oxygen atoms in total. The molecule has 7 heteroatoms. The Hall–Kier alpha value is -1.56. The van der Waals surface area contributed by atoms with Crippen molar-refractivity contribution >= 4 is 39.0 Å². The van der Waals surface area contributed by atoms with Crippen molar-refractivity contribution in [1.82, 2.24) is 0 Å². The molecule has 0 amide bonds. The molecule has 0 atom stereocenters. The number of para-hydroxylation sites is 1. The molecule has 0 saturated carbocycles. The maximum atomic E-state index is 12.3. The minimum atomic E-state index is -4.30. The average Bonchev–Trinajstić information content (AvgIpc) is 2.49. The van der Waals surface area contributed by atoms with Crippen LogP contribution in [0.25, 0.3) is 0 Å². The zero-order valence-corrected chi connectivity index (χ0v) is 12.9. The highest BCUT2D eigenvalue weighted by atomic mass is 35.5. The van der Waals surface area contributed by atoms with Crippen molar-refractivity contribution in [2.24, 2.45) is 0 Å². The summed E-state index contributed by atoms with van der Waals surface area (Å²) in [5, 5.41) is 0. The van der Waals surface area contributed by atoms with Crippen LogP contribution in [0.4, 0.5) is 0 Å². The van der Waals surface area contributed by atoms with Gasteiger partial charge in [-0.3, -0.25) is 0 Å². The molecule has 0 saturated heterocycles. The first-order chi connectivity index (χ1) is 9.85. The van der Waals surface area contributed by atoms with Gasteiger partial charge in [-0.25, -0.2) is 13.2 Å². The number of sulfone groups is 1. The van der Waals surface area contributed by atoms with E-state index >= 15 is 0 Å². The maximum absolute atomic E-state index is 12.3. The van der Waals surface area contributed by atoms with Crippen molar-refractivity contribution in [3.8, 4) is 5.75 Å². The van der Waals surface area contributed by atoms with Crippen LogP contribution in [-0.2, 0) is 14.6 Å². The Morgan fingerprint density at radius 1 is 0.905 bits per heavy atom. The van der Waals surface area contributed by atoms with Crippen molar-refractivity contribution in [3.63, 3.8) is 0 Å². The SMILES string of the molecule is O=C(Oc1ccccc1)C(Cl)(Cl)S(=O)(=O)c1ccccc1. The summed E-state index contributed by atoms with van der Waals surface area (Å²) in [5.74, 6) is -1.13. The third kappa shape index (κ3) is 3.20. The molecule has 0 radical (unpaired) electrons. The third-order valence-corrected chi connectivity index (χ3v) is 5.84. The second kappa shape index (κ2) is 6.05. The van der Waals surface area contributed by atoms with Crippen LogP contribution >= 0.6 is 23.2 Å². The monoisotopic (exact) mass is 344 g/mol. The molecule has 0 fully saturated rings. The van der Waals surface area contributed by atoms with E-state index in [4.69, 9.17) is 27.9 Å². The number of hydrogen-bond acceptors (Lipinski definition) is 4. The molecule has 0 unspecified atom stereocenters. The van der Waals surface area contributed by atoms with Crippen LogP contribution in [0.15, 0.2) is 65.6 Å². The summed E-state index contributed by atoms with van der Waals surface area (Å²) in [4.78, 5) is 11.8. The van der Waals surface area contributed by atoms with Crippen LogP contribution in [0.5, 0.6) is 5.75 Å². The van der Waals surface area contributed by atoms with Gasteiger partial charge < -0.3 is 4.74 Å². The van der Waals surface area contributed by atoms with Crippen LogP contribution in [0.3, 0.4) is 0 Å². The number of benzene rings is 2. The molecule has 0 aliphatic rings. The fourth-order valence-electron chi connectivity index (χ4n) is 1.51. The van der Waals surface area contributed by atoms with Gasteiger partial charge in [0.05, 0.1) is 4.90 Å². The smallest absolute Gasteiger partial charge is 0.364 e. The predicted octanol–water partition coefficient (Wildman–Crippen LogP) is 3.20. The number of alkyl halides is 2. The molecule has 0 N–H and O–H groups in total. The Balaban J connectivity index is 2.31. The quantitative estimate of drug-likeness (QED) is 0.485. The fraction of sp³-hybridized carbons (Fsp3) is 0.0714. The van der Waals surface area contributed by atoms with Gasteiger partial charge in [0.2, 0.25) is 9.84 Å². The molecule has 21 heavy (non-hydrogen) atoms. The molecule has 0 spiro atoms. The van der Waals surface area contributed by atoms with Gasteiger partial charge in [-0.05, 0) is 24.3 Å². The molecule has 0 aliphatic heterocycles. The number of halogens is 2. The third-order valence-electron chi connectivity index (χ3n) is 2.58. The number of esters is 1. The minimum absolute atomic E-state index is 0.149. The summed E-state index contributed by atoms with van der Waals surface area (Å²) in [7, 11) is -4.30. The van der Waals surface area contributed by atoms with Crippen LogP contribution in [0.2, 0.25) is 0 Å². The fourth-order valence-corrected chi connectivity index (χ4v) is 3.20. The van der Waals surface area contributed by atoms with Crippen LogP contribution < -0.4 is 4.74 Å². The number of carbonyl (C=O) groups is 1. The summed E-state index contributed by atoms with van der Waals surface area (Å²) in [6.07, 6.45) is 0. The summed E-state index contributed by atoms with van der Waals surface area (Å²) < 4.78 is 26.8. The molecule has 2 rings (SSSR count). The standard InChI is InChI=1S/C14H10Cl2O4S/c15-14(16,13(17)20-11-7-3-1-4-8-11)21(18,19)12-9-5-2-6-10-12/h1-10H. The van der Waals surface area contributed by atoms with Gasteiger partial charge in [-0.2, -0.15) is 0 Å². The van der Waals surface area contributed by atoms with Crippen molar-refractivity contribution in [3.05, 3.63) is 60.7 Å². The summed E-state index contributed by atoms with van der Waals surface area (Å²) in [6, 6.07) is 15.1. The largest absolute Gasteiger partial charge is 0.424 e. The Bertz CT molecular complexity index is 728. The lowest BCUT2D eigenvalue weighted by Crippen LogP contribution is -2.38. The lowest BCUT2D eigenvalue weighted by molar-refractivity contribution is -0.133. The molecule has 0 aliphatic carbocycles. The summed E-state index contributed by atoms with van der Waals surface area (Å²) in [5.41, 5.74) is 0. The molecule has 0 aromatic heterocycles. The minimum Gasteiger partial charge on any atom is -0.424 e. The van der Waals surface area contributed by atoms with Gasteiger partial charge in [0.25, 0.3) is 0 Å². The number of ether oxygens (including phenoxy) is 1. The Morgan fingerprint density at radius 3 is 1.90 bits per heavy atom. The van der Waals surface area contributed by atoms with Crippen molar-refractivity contribution < 1.29 is 17.9 Å². The van der Waals surface area contributed by atoms with Crippen LogP contribution in [0.1, 0.15) is 0 Å². The zero-order valence-electron chi connectivity index (χ0n) is 10.6. The number of hydrogen-bond donors (Lipinski definition) is 0. The molecule has 110 valence electrons. The van der Waals surface area contributed by atoms with Gasteiger partial charge in [-0.15, -0.1) is 0 Å². The van der Waals surface area contributed by atoms with E-state index in [9.17, 15) is 13.2 Å². The lowest BCUT2D eigenvalue weighted by atomic mass is 10.3. The Kier molecular flexibility index (Phi) is 4.56. The van der Waals surface area contributed by atoms with Gasteiger partial charge in [0.15, 0.2) is 0 Å². The van der Waals surface area contributed by atoms with Crippen LogP contribution in [-0.4, -0.2) is 18.1 Å². The van der Waals surface area contributed by atoms with Crippen molar-refractivity contribution in [2.45, 2.75) is 8.56 Å². The average molecular weight is 345 g/mol. The Morgan fingerprint density at radius 2 is 1.38 bits per heavy atom. The second-order valence-corrected chi connectivity index (χ2v) is 7.90. The first-order valence-electron chi connectivity index (χ1n) is 5.80. The van der Waals surface area contributed by atoms with Crippen molar-refractivity contribution in [2.75, 3.05) is 0 Å². The van der Waals surface area contributed by atoms with E-state index in [2.05, 4.69) is 0 Å².